The molecule has 0 aliphatic rings. The molecule has 0 amide bonds. The number of rotatable bonds is 3. The maximum atomic E-state index is 13.7. The van der Waals surface area contributed by atoms with Crippen LogP contribution in [0.3, 0.4) is 0 Å². The molecule has 1 rings (SSSR count). The first-order chi connectivity index (χ1) is 7.27. The van der Waals surface area contributed by atoms with Crippen LogP contribution in [0, 0.1) is 5.82 Å². The van der Waals surface area contributed by atoms with Crippen molar-refractivity contribution in [2.75, 3.05) is 12.8 Å². The van der Waals surface area contributed by atoms with Crippen LogP contribution in [0.15, 0.2) is 21.5 Å². The van der Waals surface area contributed by atoms with Gasteiger partial charge in [-0.25, -0.2) is 12.8 Å². The van der Waals surface area contributed by atoms with Gasteiger partial charge in [-0.15, -0.1) is 0 Å². The lowest BCUT2D eigenvalue weighted by atomic mass is 10.0. The molecule has 6 heteroatoms. The molecule has 0 aliphatic heterocycles. The van der Waals surface area contributed by atoms with Crippen LogP contribution in [0.5, 0.6) is 0 Å². The van der Waals surface area contributed by atoms with Gasteiger partial charge < -0.3 is 5.73 Å². The Morgan fingerprint density at radius 3 is 2.44 bits per heavy atom. The highest BCUT2D eigenvalue weighted by molar-refractivity contribution is 9.10. The Labute approximate surface area is 103 Å². The van der Waals surface area contributed by atoms with E-state index in [0.717, 1.165) is 6.26 Å². The molecule has 0 fully saturated rings. The average molecular weight is 310 g/mol. The number of hydrogen-bond donors (Lipinski definition) is 1. The first-order valence-electron chi connectivity index (χ1n) is 4.66. The zero-order chi connectivity index (χ0) is 12.5. The van der Waals surface area contributed by atoms with Crippen molar-refractivity contribution in [2.24, 2.45) is 5.73 Å². The number of benzene rings is 1. The topological polar surface area (TPSA) is 60.2 Å². The fraction of sp³-hybridized carbons (Fsp3) is 0.400. The predicted octanol–water partition coefficient (Wildman–Crippen LogP) is 2.05. The smallest absolute Gasteiger partial charge is 0.179 e. The van der Waals surface area contributed by atoms with Crippen LogP contribution in [0.25, 0.3) is 0 Å². The number of hydrogen-bond acceptors (Lipinski definition) is 3. The Balaban J connectivity index is 3.40. The Hall–Kier alpha value is -0.460. The van der Waals surface area contributed by atoms with E-state index in [0.29, 0.717) is 12.1 Å². The molecule has 0 radical (unpaired) electrons. The second kappa shape index (κ2) is 4.81. The minimum absolute atomic E-state index is 0.0144. The Bertz CT molecular complexity index is 479. The van der Waals surface area contributed by atoms with Crippen LogP contribution in [-0.2, 0) is 9.84 Å². The van der Waals surface area contributed by atoms with E-state index in [9.17, 15) is 12.8 Å². The summed E-state index contributed by atoms with van der Waals surface area (Å²) in [5.41, 5.74) is 6.15. The zero-order valence-electron chi connectivity index (χ0n) is 9.00. The summed E-state index contributed by atoms with van der Waals surface area (Å²) in [6, 6.07) is 2.82. The fourth-order valence-corrected chi connectivity index (χ4v) is 3.52. The van der Waals surface area contributed by atoms with Gasteiger partial charge in [0, 0.05) is 10.7 Å². The van der Waals surface area contributed by atoms with Crippen LogP contribution in [0.2, 0.25) is 0 Å². The van der Waals surface area contributed by atoms with Crippen LogP contribution in [-0.4, -0.2) is 21.2 Å². The normalized spacial score (nSPS) is 13.8. The molecule has 0 saturated carbocycles. The van der Waals surface area contributed by atoms with E-state index in [1.165, 1.54) is 6.07 Å². The first kappa shape index (κ1) is 13.6. The van der Waals surface area contributed by atoms with Crippen molar-refractivity contribution >= 4 is 25.8 Å². The monoisotopic (exact) mass is 309 g/mol. The van der Waals surface area contributed by atoms with Crippen LogP contribution in [0.1, 0.15) is 18.4 Å². The maximum absolute atomic E-state index is 13.7. The van der Waals surface area contributed by atoms with E-state index < -0.39 is 15.7 Å². The molecule has 1 aromatic carbocycles. The number of halogens is 2. The molecule has 1 aromatic rings. The number of sulfone groups is 1. The van der Waals surface area contributed by atoms with Gasteiger partial charge >= 0.3 is 0 Å². The summed E-state index contributed by atoms with van der Waals surface area (Å²) in [5, 5.41) is 0. The second-order valence-corrected chi connectivity index (χ2v) is 6.53. The van der Waals surface area contributed by atoms with Crippen molar-refractivity contribution in [2.45, 2.75) is 17.7 Å². The lowest BCUT2D eigenvalue weighted by Gasteiger charge is -2.12. The van der Waals surface area contributed by atoms with E-state index in [2.05, 4.69) is 15.9 Å². The Morgan fingerprint density at radius 2 is 2.06 bits per heavy atom. The maximum Gasteiger partial charge on any atom is 0.179 e. The van der Waals surface area contributed by atoms with Crippen molar-refractivity contribution in [3.8, 4) is 0 Å². The summed E-state index contributed by atoms with van der Waals surface area (Å²) in [4.78, 5) is -0.305. The molecule has 0 spiro atoms. The minimum Gasteiger partial charge on any atom is -0.330 e. The third kappa shape index (κ3) is 2.81. The quantitative estimate of drug-likeness (QED) is 0.929. The summed E-state index contributed by atoms with van der Waals surface area (Å²) in [6.07, 6.45) is 0.974. The highest BCUT2D eigenvalue weighted by Gasteiger charge is 2.19. The van der Waals surface area contributed by atoms with Gasteiger partial charge in [0.15, 0.2) is 9.84 Å². The molecule has 2 N–H and O–H groups in total. The molecule has 1 atom stereocenters. The van der Waals surface area contributed by atoms with Crippen molar-refractivity contribution in [1.82, 2.24) is 0 Å². The summed E-state index contributed by atoms with van der Waals surface area (Å²) >= 11 is 3.07. The van der Waals surface area contributed by atoms with E-state index in [4.69, 9.17) is 5.73 Å². The average Bonchev–Trinajstić information content (AvgIpc) is 2.13. The number of nitrogens with two attached hydrogens (primary N) is 1. The summed E-state index contributed by atoms with van der Waals surface area (Å²) < 4.78 is 36.6. The van der Waals surface area contributed by atoms with Gasteiger partial charge in [-0.1, -0.05) is 6.92 Å². The Morgan fingerprint density at radius 1 is 1.50 bits per heavy atom. The highest BCUT2D eigenvalue weighted by atomic mass is 79.9. The van der Waals surface area contributed by atoms with Crippen LogP contribution >= 0.6 is 15.9 Å². The van der Waals surface area contributed by atoms with Crippen LogP contribution < -0.4 is 5.73 Å². The second-order valence-electron chi connectivity index (χ2n) is 3.72. The molecule has 0 saturated heterocycles. The van der Waals surface area contributed by atoms with Gasteiger partial charge in [0.2, 0.25) is 0 Å². The van der Waals surface area contributed by atoms with E-state index in [1.807, 2.05) is 6.92 Å². The third-order valence-electron chi connectivity index (χ3n) is 2.31. The molecule has 16 heavy (non-hydrogen) atoms. The van der Waals surface area contributed by atoms with Gasteiger partial charge in [-0.3, -0.25) is 0 Å². The van der Waals surface area contributed by atoms with Crippen molar-refractivity contribution in [1.29, 1.82) is 0 Å². The largest absolute Gasteiger partial charge is 0.330 e. The first-order valence-corrected chi connectivity index (χ1v) is 7.35. The van der Waals surface area contributed by atoms with Crippen molar-refractivity contribution in [3.63, 3.8) is 0 Å². The third-order valence-corrected chi connectivity index (χ3v) is 4.36. The predicted molar refractivity (Wildman–Crippen MR) is 64.7 cm³/mol. The molecule has 0 heterocycles. The highest BCUT2D eigenvalue weighted by Crippen LogP contribution is 2.29. The van der Waals surface area contributed by atoms with Gasteiger partial charge in [-0.2, -0.15) is 0 Å². The SMILES string of the molecule is CC(CN)c1cc(F)c(S(C)(=O)=O)c(Br)c1. The van der Waals surface area contributed by atoms with Gasteiger partial charge in [0.25, 0.3) is 0 Å². The van der Waals surface area contributed by atoms with Crippen LogP contribution in [0.4, 0.5) is 4.39 Å². The molecular formula is C10H13BrFNO2S. The molecular weight excluding hydrogens is 297 g/mol. The standard InChI is InChI=1S/C10H13BrFNO2S/c1-6(5-13)7-3-8(11)10(9(12)4-7)16(2,14)15/h3-4,6H,5,13H2,1-2H3. The summed E-state index contributed by atoms with van der Waals surface area (Å²) in [6.45, 7) is 2.23. The van der Waals surface area contributed by atoms with Gasteiger partial charge in [0.1, 0.15) is 10.7 Å². The van der Waals surface area contributed by atoms with E-state index in [-0.39, 0.29) is 15.3 Å². The zero-order valence-corrected chi connectivity index (χ0v) is 11.4. The fourth-order valence-electron chi connectivity index (χ4n) is 1.35. The summed E-state index contributed by atoms with van der Waals surface area (Å²) in [7, 11) is -3.57. The minimum atomic E-state index is -3.57. The lowest BCUT2D eigenvalue weighted by molar-refractivity contribution is 0.566. The molecule has 1 unspecified atom stereocenters. The van der Waals surface area contributed by atoms with Gasteiger partial charge in [-0.05, 0) is 46.1 Å². The lowest BCUT2D eigenvalue weighted by Crippen LogP contribution is -2.10. The molecule has 0 aromatic heterocycles. The van der Waals surface area contributed by atoms with E-state index in [1.54, 1.807) is 6.07 Å². The van der Waals surface area contributed by atoms with E-state index >= 15 is 0 Å². The summed E-state index contributed by atoms with van der Waals surface area (Å²) in [5.74, 6) is -0.758. The van der Waals surface area contributed by atoms with Crippen molar-refractivity contribution < 1.29 is 12.8 Å². The molecule has 0 bridgehead atoms. The Kier molecular flexibility index (Phi) is 4.09. The van der Waals surface area contributed by atoms with Gasteiger partial charge in [0.05, 0.1) is 0 Å². The molecule has 90 valence electrons. The molecule has 0 aliphatic carbocycles. The van der Waals surface area contributed by atoms with Crippen molar-refractivity contribution in [3.05, 3.63) is 28.0 Å². The molecule has 3 nitrogen and oxygen atoms in total.